The molecule has 0 saturated carbocycles. The van der Waals surface area contributed by atoms with Gasteiger partial charge in [-0.05, 0) is 31.5 Å². The van der Waals surface area contributed by atoms with Gasteiger partial charge in [0.05, 0.1) is 24.0 Å². The van der Waals surface area contributed by atoms with E-state index in [1.54, 1.807) is 17.1 Å². The highest BCUT2D eigenvalue weighted by Gasteiger charge is 2.22. The minimum absolute atomic E-state index is 0.0317. The Bertz CT molecular complexity index is 897. The highest BCUT2D eigenvalue weighted by atomic mass is 16.2. The molecule has 1 fully saturated rings. The van der Waals surface area contributed by atoms with Gasteiger partial charge in [-0.2, -0.15) is 5.10 Å². The highest BCUT2D eigenvalue weighted by molar-refractivity contribution is 5.96. The van der Waals surface area contributed by atoms with Gasteiger partial charge in [0.2, 0.25) is 5.91 Å². The van der Waals surface area contributed by atoms with E-state index in [0.29, 0.717) is 5.82 Å². The van der Waals surface area contributed by atoms with E-state index in [0.717, 1.165) is 41.4 Å². The Kier molecular flexibility index (Phi) is 3.70. The van der Waals surface area contributed by atoms with E-state index in [1.165, 1.54) is 0 Å². The van der Waals surface area contributed by atoms with Crippen molar-refractivity contribution in [3.63, 3.8) is 0 Å². The molecule has 1 saturated heterocycles. The van der Waals surface area contributed by atoms with Crippen LogP contribution in [-0.2, 0) is 11.8 Å². The lowest BCUT2D eigenvalue weighted by atomic mass is 10.1. The molecule has 1 aliphatic rings. The number of rotatable bonds is 3. The predicted octanol–water partition coefficient (Wildman–Crippen LogP) is 1.72. The van der Waals surface area contributed by atoms with E-state index >= 15 is 0 Å². The first-order valence-corrected chi connectivity index (χ1v) is 7.98. The summed E-state index contributed by atoms with van der Waals surface area (Å²) < 4.78 is 1.76. The van der Waals surface area contributed by atoms with E-state index in [2.05, 4.69) is 25.7 Å². The number of nitrogens with zero attached hydrogens (tertiary/aromatic N) is 4. The molecule has 1 atom stereocenters. The Morgan fingerprint density at radius 3 is 2.92 bits per heavy atom. The quantitative estimate of drug-likeness (QED) is 0.767. The third-order valence-electron chi connectivity index (χ3n) is 4.23. The fourth-order valence-corrected chi connectivity index (χ4v) is 2.95. The fourth-order valence-electron chi connectivity index (χ4n) is 2.95. The average molecular weight is 322 g/mol. The molecule has 1 aliphatic heterocycles. The van der Waals surface area contributed by atoms with Crippen molar-refractivity contribution >= 4 is 22.6 Å². The number of carbonyl (C=O) groups excluding carboxylic acids is 1. The number of fused-ring (bicyclic) bond motifs is 1. The first-order chi connectivity index (χ1) is 11.7. The van der Waals surface area contributed by atoms with E-state index in [9.17, 15) is 4.79 Å². The average Bonchev–Trinajstić information content (AvgIpc) is 3.25. The van der Waals surface area contributed by atoms with Gasteiger partial charge in [-0.25, -0.2) is 4.98 Å². The summed E-state index contributed by atoms with van der Waals surface area (Å²) in [5, 5.41) is 11.2. The number of nitrogens with one attached hydrogen (secondary N) is 2. The molecule has 0 radical (unpaired) electrons. The molecule has 122 valence electrons. The number of aryl methyl sites for hydroxylation is 1. The molecule has 1 unspecified atom stereocenters. The van der Waals surface area contributed by atoms with Gasteiger partial charge in [-0.15, -0.1) is 0 Å². The van der Waals surface area contributed by atoms with Crippen LogP contribution in [0.4, 0.5) is 5.82 Å². The lowest BCUT2D eigenvalue weighted by Crippen LogP contribution is -2.35. The van der Waals surface area contributed by atoms with Crippen LogP contribution in [0.3, 0.4) is 0 Å². The van der Waals surface area contributed by atoms with Crippen molar-refractivity contribution in [2.24, 2.45) is 7.05 Å². The predicted molar refractivity (Wildman–Crippen MR) is 91.4 cm³/mol. The molecule has 4 heterocycles. The summed E-state index contributed by atoms with van der Waals surface area (Å²) >= 11 is 0. The third-order valence-corrected chi connectivity index (χ3v) is 4.23. The van der Waals surface area contributed by atoms with E-state index in [-0.39, 0.29) is 11.9 Å². The molecule has 0 spiro atoms. The molecule has 2 N–H and O–H groups in total. The smallest absolute Gasteiger partial charge is 0.242 e. The highest BCUT2D eigenvalue weighted by Crippen LogP contribution is 2.23. The summed E-state index contributed by atoms with van der Waals surface area (Å²) in [5.41, 5.74) is 2.78. The van der Waals surface area contributed by atoms with Crippen molar-refractivity contribution in [2.45, 2.75) is 18.9 Å². The Labute approximate surface area is 139 Å². The largest absolute Gasteiger partial charge is 0.309 e. The molecule has 7 nitrogen and oxygen atoms in total. The molecule has 24 heavy (non-hydrogen) atoms. The molecule has 7 heteroatoms. The summed E-state index contributed by atoms with van der Waals surface area (Å²) in [6.45, 7) is 0.891. The summed E-state index contributed by atoms with van der Waals surface area (Å²) in [6.07, 6.45) is 9.13. The maximum absolute atomic E-state index is 12.2. The van der Waals surface area contributed by atoms with Crippen LogP contribution < -0.4 is 10.6 Å². The zero-order chi connectivity index (χ0) is 16.5. The molecule has 0 aromatic carbocycles. The van der Waals surface area contributed by atoms with Crippen molar-refractivity contribution in [1.82, 2.24) is 25.1 Å². The Hall–Kier alpha value is -2.80. The van der Waals surface area contributed by atoms with Crippen LogP contribution in [0.15, 0.2) is 36.9 Å². The van der Waals surface area contributed by atoms with Crippen molar-refractivity contribution in [2.75, 3.05) is 11.9 Å². The third kappa shape index (κ3) is 2.85. The van der Waals surface area contributed by atoms with Crippen LogP contribution in [-0.4, -0.2) is 38.2 Å². The molecule has 0 aliphatic carbocycles. The SMILES string of the molecule is Cn1cc(-c2cnc3cnc(NC(=O)C4CCCN4)cc3c2)cn1. The lowest BCUT2D eigenvalue weighted by molar-refractivity contribution is -0.117. The zero-order valence-electron chi connectivity index (χ0n) is 13.4. The normalized spacial score (nSPS) is 17.3. The van der Waals surface area contributed by atoms with Gasteiger partial charge < -0.3 is 10.6 Å². The standard InChI is InChI=1S/C17H18N6O/c1-23-10-13(8-21-23)12-5-11-6-16(20-9-15(11)19-7-12)22-17(24)14-3-2-4-18-14/h5-10,14,18H,2-4H2,1H3,(H,20,22,24). The minimum Gasteiger partial charge on any atom is -0.309 e. The molecular formula is C17H18N6O. The van der Waals surface area contributed by atoms with E-state index in [1.807, 2.05) is 31.6 Å². The van der Waals surface area contributed by atoms with Gasteiger partial charge in [0, 0.05) is 36.0 Å². The molecule has 3 aromatic rings. The van der Waals surface area contributed by atoms with Gasteiger partial charge in [0.1, 0.15) is 5.82 Å². The van der Waals surface area contributed by atoms with Gasteiger partial charge >= 0.3 is 0 Å². The maximum Gasteiger partial charge on any atom is 0.242 e. The lowest BCUT2D eigenvalue weighted by Gasteiger charge is -2.11. The Balaban J connectivity index is 1.62. The van der Waals surface area contributed by atoms with Gasteiger partial charge in [-0.1, -0.05) is 0 Å². The van der Waals surface area contributed by atoms with E-state index < -0.39 is 0 Å². The van der Waals surface area contributed by atoms with Crippen LogP contribution in [0.5, 0.6) is 0 Å². The van der Waals surface area contributed by atoms with Crippen molar-refractivity contribution in [3.8, 4) is 11.1 Å². The van der Waals surface area contributed by atoms with Crippen molar-refractivity contribution < 1.29 is 4.79 Å². The Morgan fingerprint density at radius 2 is 2.17 bits per heavy atom. The van der Waals surface area contributed by atoms with Crippen LogP contribution in [0, 0.1) is 0 Å². The second kappa shape index (κ2) is 6.01. The number of anilines is 1. The molecule has 0 bridgehead atoms. The first-order valence-electron chi connectivity index (χ1n) is 7.98. The number of hydrogen-bond donors (Lipinski definition) is 2. The van der Waals surface area contributed by atoms with Gasteiger partial charge in [0.25, 0.3) is 0 Å². The van der Waals surface area contributed by atoms with Crippen LogP contribution in [0.25, 0.3) is 22.0 Å². The second-order valence-corrected chi connectivity index (χ2v) is 6.03. The minimum atomic E-state index is -0.123. The monoisotopic (exact) mass is 322 g/mol. The van der Waals surface area contributed by atoms with Gasteiger partial charge in [-0.3, -0.25) is 14.5 Å². The fraction of sp³-hybridized carbons (Fsp3) is 0.294. The first kappa shape index (κ1) is 14.8. The van der Waals surface area contributed by atoms with Crippen molar-refractivity contribution in [3.05, 3.63) is 36.9 Å². The Morgan fingerprint density at radius 1 is 1.25 bits per heavy atom. The number of carbonyl (C=O) groups is 1. The summed E-state index contributed by atoms with van der Waals surface area (Å²) in [4.78, 5) is 20.9. The van der Waals surface area contributed by atoms with E-state index in [4.69, 9.17) is 0 Å². The molecule has 1 amide bonds. The second-order valence-electron chi connectivity index (χ2n) is 6.03. The number of amides is 1. The van der Waals surface area contributed by atoms with Crippen LogP contribution in [0.2, 0.25) is 0 Å². The van der Waals surface area contributed by atoms with Crippen LogP contribution >= 0.6 is 0 Å². The van der Waals surface area contributed by atoms with Gasteiger partial charge in [0.15, 0.2) is 0 Å². The van der Waals surface area contributed by atoms with Crippen LogP contribution in [0.1, 0.15) is 12.8 Å². The molecule has 3 aromatic heterocycles. The summed E-state index contributed by atoms with van der Waals surface area (Å²) in [6, 6.07) is 3.77. The number of pyridine rings is 2. The number of hydrogen-bond acceptors (Lipinski definition) is 5. The summed E-state index contributed by atoms with van der Waals surface area (Å²) in [5.74, 6) is 0.516. The molecule has 4 rings (SSSR count). The topological polar surface area (TPSA) is 84.7 Å². The number of aromatic nitrogens is 4. The molecular weight excluding hydrogens is 304 g/mol. The zero-order valence-corrected chi connectivity index (χ0v) is 13.4. The maximum atomic E-state index is 12.2. The summed E-state index contributed by atoms with van der Waals surface area (Å²) in [7, 11) is 1.88. The van der Waals surface area contributed by atoms with Crippen molar-refractivity contribution in [1.29, 1.82) is 0 Å².